The van der Waals surface area contributed by atoms with E-state index in [0.29, 0.717) is 5.69 Å². The van der Waals surface area contributed by atoms with E-state index in [1.54, 1.807) is 12.1 Å². The van der Waals surface area contributed by atoms with Gasteiger partial charge in [-0.15, -0.1) is 0 Å². The lowest BCUT2D eigenvalue weighted by Gasteiger charge is -2.32. The van der Waals surface area contributed by atoms with Crippen LogP contribution in [0.25, 0.3) is 11.1 Å². The van der Waals surface area contributed by atoms with Crippen LogP contribution in [0.3, 0.4) is 0 Å². The second kappa shape index (κ2) is 13.2. The van der Waals surface area contributed by atoms with E-state index in [4.69, 9.17) is 4.74 Å². The fourth-order valence-electron chi connectivity index (χ4n) is 5.72. The molecule has 1 fully saturated rings. The highest BCUT2D eigenvalue weighted by atomic mass is 16.6. The van der Waals surface area contributed by atoms with Gasteiger partial charge in [0.1, 0.15) is 11.6 Å². The predicted molar refractivity (Wildman–Crippen MR) is 169 cm³/mol. The highest BCUT2D eigenvalue weighted by molar-refractivity contribution is 6.08. The molecule has 0 aromatic heterocycles. The van der Waals surface area contributed by atoms with Gasteiger partial charge in [-0.25, -0.2) is 9.59 Å². The summed E-state index contributed by atoms with van der Waals surface area (Å²) in [6.45, 7) is 11.4. The number of benzene rings is 3. The van der Waals surface area contributed by atoms with Gasteiger partial charge in [0.25, 0.3) is 5.91 Å². The van der Waals surface area contributed by atoms with E-state index in [1.165, 1.54) is 0 Å². The van der Waals surface area contributed by atoms with Crippen molar-refractivity contribution in [2.45, 2.75) is 85.3 Å². The van der Waals surface area contributed by atoms with Gasteiger partial charge in [0.2, 0.25) is 0 Å². The topological polar surface area (TPSA) is 96.5 Å². The van der Waals surface area contributed by atoms with Crippen LogP contribution in [0.1, 0.15) is 79.9 Å². The average Bonchev–Trinajstić information content (AvgIpc) is 2.93. The van der Waals surface area contributed by atoms with Crippen LogP contribution in [-0.4, -0.2) is 29.6 Å². The Morgan fingerprint density at radius 2 is 1.45 bits per heavy atom. The smallest absolute Gasteiger partial charge is 0.329 e. The first kappa shape index (κ1) is 30.8. The summed E-state index contributed by atoms with van der Waals surface area (Å²) in [5.74, 6) is -0.872. The molecule has 3 aromatic rings. The number of hydrogen-bond donors (Lipinski definition) is 3. The van der Waals surface area contributed by atoms with E-state index in [1.807, 2.05) is 90.1 Å². The number of carbonyl (C=O) groups is 3. The van der Waals surface area contributed by atoms with Gasteiger partial charge in [-0.3, -0.25) is 4.79 Å². The van der Waals surface area contributed by atoms with Crippen LogP contribution in [0.5, 0.6) is 0 Å². The molecule has 0 saturated heterocycles. The Morgan fingerprint density at radius 3 is 2.07 bits per heavy atom. The quantitative estimate of drug-likeness (QED) is 0.252. The Morgan fingerprint density at radius 1 is 0.810 bits per heavy atom. The van der Waals surface area contributed by atoms with Crippen molar-refractivity contribution in [1.82, 2.24) is 5.32 Å². The van der Waals surface area contributed by atoms with Crippen molar-refractivity contribution in [2.24, 2.45) is 5.92 Å². The predicted octanol–water partition coefficient (Wildman–Crippen LogP) is 7.94. The molecule has 3 N–H and O–H groups in total. The summed E-state index contributed by atoms with van der Waals surface area (Å²) in [6.07, 6.45) is 4.84. The first-order chi connectivity index (χ1) is 19.9. The zero-order valence-electron chi connectivity index (χ0n) is 25.6. The zero-order chi connectivity index (χ0) is 30.4. The summed E-state index contributed by atoms with van der Waals surface area (Å²) in [5.41, 5.74) is 5.48. The van der Waals surface area contributed by atoms with Crippen molar-refractivity contribution < 1.29 is 19.1 Å². The fraction of sp³-hybridized carbons (Fsp3) is 0.400. The minimum absolute atomic E-state index is 0.00617. The molecule has 1 aliphatic carbocycles. The molecule has 0 aliphatic heterocycles. The van der Waals surface area contributed by atoms with Crippen LogP contribution < -0.4 is 16.0 Å². The standard InChI is InChI=1S/C35H43N3O4/c1-22-19-23(2)30(24(3)20-22)38-34(41)36-29-21-27(25-13-9-7-10-14-25)17-18-28(29)32(39)37-31(26-15-11-8-12-16-26)33(40)42-35(4,5)6/h7,9-10,13-14,17-21,26,31H,8,11-12,15-16H2,1-6H3,(H,37,39)(H2,36,38,41)/t31-/m0/s1. The number of rotatable bonds is 7. The molecule has 4 rings (SSSR count). The van der Waals surface area contributed by atoms with E-state index in [9.17, 15) is 14.4 Å². The van der Waals surface area contributed by atoms with Crippen molar-refractivity contribution in [2.75, 3.05) is 10.6 Å². The maximum atomic E-state index is 13.8. The largest absolute Gasteiger partial charge is 0.458 e. The molecular weight excluding hydrogens is 526 g/mol. The lowest BCUT2D eigenvalue weighted by atomic mass is 9.83. The van der Waals surface area contributed by atoms with Crippen molar-refractivity contribution in [1.29, 1.82) is 0 Å². The molecule has 7 nitrogen and oxygen atoms in total. The molecule has 222 valence electrons. The van der Waals surface area contributed by atoms with Gasteiger partial charge in [0.15, 0.2) is 0 Å². The molecule has 1 atom stereocenters. The maximum Gasteiger partial charge on any atom is 0.329 e. The van der Waals surface area contributed by atoms with E-state index in [-0.39, 0.29) is 11.5 Å². The Labute approximate surface area is 249 Å². The van der Waals surface area contributed by atoms with Crippen LogP contribution in [0, 0.1) is 26.7 Å². The van der Waals surface area contributed by atoms with Crippen molar-refractivity contribution >= 4 is 29.3 Å². The fourth-order valence-corrected chi connectivity index (χ4v) is 5.72. The summed E-state index contributed by atoms with van der Waals surface area (Å²) in [4.78, 5) is 40.4. The van der Waals surface area contributed by atoms with Gasteiger partial charge in [-0.2, -0.15) is 0 Å². The summed E-state index contributed by atoms with van der Waals surface area (Å²) in [7, 11) is 0. The number of esters is 1. The summed E-state index contributed by atoms with van der Waals surface area (Å²) >= 11 is 0. The monoisotopic (exact) mass is 569 g/mol. The molecule has 0 bridgehead atoms. The molecule has 3 aromatic carbocycles. The second-order valence-corrected chi connectivity index (χ2v) is 12.4. The van der Waals surface area contributed by atoms with Crippen LogP contribution in [0.2, 0.25) is 0 Å². The minimum Gasteiger partial charge on any atom is -0.458 e. The molecule has 1 saturated carbocycles. The van der Waals surface area contributed by atoms with Gasteiger partial charge in [0, 0.05) is 5.69 Å². The number of hydrogen-bond acceptors (Lipinski definition) is 4. The number of amides is 3. The molecule has 7 heteroatoms. The number of aryl methyl sites for hydroxylation is 3. The normalized spacial score (nSPS) is 14.5. The molecule has 3 amide bonds. The third-order valence-corrected chi connectivity index (χ3v) is 7.60. The molecule has 0 unspecified atom stereocenters. The molecule has 0 radical (unpaired) electrons. The minimum atomic E-state index is -0.773. The van der Waals surface area contributed by atoms with Gasteiger partial charge in [0.05, 0.1) is 11.3 Å². The Bertz CT molecular complexity index is 1410. The Balaban J connectivity index is 1.65. The zero-order valence-corrected chi connectivity index (χ0v) is 25.6. The molecule has 0 spiro atoms. The van der Waals surface area contributed by atoms with E-state index in [2.05, 4.69) is 16.0 Å². The maximum absolute atomic E-state index is 13.8. The number of nitrogens with one attached hydrogen (secondary N) is 3. The second-order valence-electron chi connectivity index (χ2n) is 12.4. The van der Waals surface area contributed by atoms with Crippen LogP contribution >= 0.6 is 0 Å². The van der Waals surface area contributed by atoms with E-state index < -0.39 is 29.6 Å². The lowest BCUT2D eigenvalue weighted by molar-refractivity contribution is -0.159. The molecule has 1 aliphatic rings. The van der Waals surface area contributed by atoms with Gasteiger partial charge in [-0.1, -0.05) is 73.4 Å². The molecular formula is C35H43N3O4. The number of anilines is 2. The van der Waals surface area contributed by atoms with Crippen LogP contribution in [0.4, 0.5) is 16.2 Å². The first-order valence-corrected chi connectivity index (χ1v) is 14.8. The SMILES string of the molecule is Cc1cc(C)c(NC(=O)Nc2cc(-c3ccccc3)ccc2C(=O)N[C@H](C(=O)OC(C)(C)C)C2CCCCC2)c(C)c1. The van der Waals surface area contributed by atoms with Gasteiger partial charge in [-0.05, 0) is 94.7 Å². The van der Waals surface area contributed by atoms with Crippen LogP contribution in [0.15, 0.2) is 60.7 Å². The Kier molecular flexibility index (Phi) is 9.71. The van der Waals surface area contributed by atoms with E-state index in [0.717, 1.165) is 65.6 Å². The highest BCUT2D eigenvalue weighted by Crippen LogP contribution is 2.30. The molecule has 42 heavy (non-hydrogen) atoms. The van der Waals surface area contributed by atoms with Crippen LogP contribution in [-0.2, 0) is 9.53 Å². The third kappa shape index (κ3) is 7.99. The van der Waals surface area contributed by atoms with E-state index >= 15 is 0 Å². The van der Waals surface area contributed by atoms with Crippen molar-refractivity contribution in [3.63, 3.8) is 0 Å². The lowest BCUT2D eigenvalue weighted by Crippen LogP contribution is -2.49. The third-order valence-electron chi connectivity index (χ3n) is 7.60. The number of urea groups is 1. The Hall–Kier alpha value is -4.13. The summed E-state index contributed by atoms with van der Waals surface area (Å²) in [6, 6.07) is 17.9. The summed E-state index contributed by atoms with van der Waals surface area (Å²) < 4.78 is 5.73. The van der Waals surface area contributed by atoms with Gasteiger partial charge >= 0.3 is 12.0 Å². The van der Waals surface area contributed by atoms with Gasteiger partial charge < -0.3 is 20.7 Å². The number of carbonyl (C=O) groups excluding carboxylic acids is 3. The highest BCUT2D eigenvalue weighted by Gasteiger charge is 2.35. The van der Waals surface area contributed by atoms with Crippen molar-refractivity contribution in [3.05, 3.63) is 82.9 Å². The number of ether oxygens (including phenoxy) is 1. The summed E-state index contributed by atoms with van der Waals surface area (Å²) in [5, 5.41) is 8.86. The average molecular weight is 570 g/mol. The molecule has 0 heterocycles. The first-order valence-electron chi connectivity index (χ1n) is 14.8. The van der Waals surface area contributed by atoms with Crippen molar-refractivity contribution in [3.8, 4) is 11.1 Å².